The molecule has 23 heavy (non-hydrogen) atoms. The van der Waals surface area contributed by atoms with Gasteiger partial charge in [-0.15, -0.1) is 11.3 Å². The van der Waals surface area contributed by atoms with Crippen molar-refractivity contribution in [2.75, 3.05) is 11.5 Å². The van der Waals surface area contributed by atoms with E-state index in [1.165, 1.54) is 22.7 Å². The standard InChI is InChI=1S/C13H14ClNO5S3/c14-12-3-4-13(21-12)23(18,19)15(8-11-2-1-6-20-11)10-5-7-22(16,17)9-10/h1-4,6,10H,5,7-9H2/t10-/m1/s1. The van der Waals surface area contributed by atoms with Gasteiger partial charge in [-0.2, -0.15) is 4.31 Å². The van der Waals surface area contributed by atoms with Crippen LogP contribution in [-0.4, -0.2) is 38.7 Å². The molecule has 1 fully saturated rings. The Balaban J connectivity index is 1.97. The number of nitrogens with zero attached hydrogens (tertiary/aromatic N) is 1. The first-order valence-corrected chi connectivity index (χ1v) is 11.2. The lowest BCUT2D eigenvalue weighted by molar-refractivity contribution is 0.307. The van der Waals surface area contributed by atoms with Gasteiger partial charge in [0.05, 0.1) is 28.6 Å². The average molecular weight is 396 g/mol. The number of furan rings is 1. The summed E-state index contributed by atoms with van der Waals surface area (Å²) in [5.41, 5.74) is 0. The van der Waals surface area contributed by atoms with Crippen molar-refractivity contribution in [3.8, 4) is 0 Å². The summed E-state index contributed by atoms with van der Waals surface area (Å²) in [6.07, 6.45) is 1.73. The third kappa shape index (κ3) is 3.63. The first-order valence-electron chi connectivity index (χ1n) is 6.78. The molecule has 0 amide bonds. The fraction of sp³-hybridized carbons (Fsp3) is 0.385. The van der Waals surface area contributed by atoms with Crippen molar-refractivity contribution >= 4 is 42.8 Å². The molecule has 2 aromatic rings. The van der Waals surface area contributed by atoms with E-state index in [4.69, 9.17) is 16.0 Å². The Hall–Kier alpha value is -0.870. The van der Waals surface area contributed by atoms with E-state index in [2.05, 4.69) is 0 Å². The zero-order valence-corrected chi connectivity index (χ0v) is 15.1. The van der Waals surface area contributed by atoms with Crippen molar-refractivity contribution in [1.29, 1.82) is 0 Å². The van der Waals surface area contributed by atoms with Crippen molar-refractivity contribution < 1.29 is 21.3 Å². The smallest absolute Gasteiger partial charge is 0.253 e. The molecule has 3 rings (SSSR count). The quantitative estimate of drug-likeness (QED) is 0.775. The van der Waals surface area contributed by atoms with Gasteiger partial charge in [-0.1, -0.05) is 11.6 Å². The van der Waals surface area contributed by atoms with Crippen LogP contribution in [0.2, 0.25) is 4.34 Å². The molecular formula is C13H14ClNO5S3. The van der Waals surface area contributed by atoms with Gasteiger partial charge in [-0.25, -0.2) is 16.8 Å². The average Bonchev–Trinajstić information content (AvgIpc) is 3.17. The minimum absolute atomic E-state index is 0.00691. The molecule has 0 N–H and O–H groups in total. The van der Waals surface area contributed by atoms with Crippen molar-refractivity contribution in [3.05, 3.63) is 40.6 Å². The summed E-state index contributed by atoms with van der Waals surface area (Å²) in [5.74, 6) is 0.277. The second-order valence-electron chi connectivity index (χ2n) is 5.25. The molecule has 0 saturated carbocycles. The molecule has 0 spiro atoms. The third-order valence-electron chi connectivity index (χ3n) is 3.62. The Kier molecular flexibility index (Phi) is 4.58. The molecule has 1 aliphatic heterocycles. The fourth-order valence-corrected chi connectivity index (χ4v) is 7.58. The number of halogens is 1. The Labute approximate surface area is 143 Å². The van der Waals surface area contributed by atoms with Crippen LogP contribution < -0.4 is 0 Å². The number of sulfone groups is 1. The highest BCUT2D eigenvalue weighted by Gasteiger charge is 2.39. The second kappa shape index (κ2) is 6.21. The predicted molar refractivity (Wildman–Crippen MR) is 87.8 cm³/mol. The topological polar surface area (TPSA) is 84.7 Å². The monoisotopic (exact) mass is 395 g/mol. The van der Waals surface area contributed by atoms with E-state index < -0.39 is 25.9 Å². The molecule has 3 heterocycles. The van der Waals surface area contributed by atoms with Crippen molar-refractivity contribution in [2.45, 2.75) is 23.2 Å². The summed E-state index contributed by atoms with van der Waals surface area (Å²) < 4.78 is 56.2. The Morgan fingerprint density at radius 1 is 1.35 bits per heavy atom. The summed E-state index contributed by atoms with van der Waals surface area (Å²) in [6.45, 7) is -0.00889. The fourth-order valence-electron chi connectivity index (χ4n) is 2.52. The normalized spacial score (nSPS) is 21.0. The molecule has 1 aliphatic rings. The van der Waals surface area contributed by atoms with Crippen LogP contribution in [0.1, 0.15) is 12.2 Å². The number of thiophene rings is 1. The summed E-state index contributed by atoms with van der Waals surface area (Å²) >= 11 is 6.79. The zero-order valence-electron chi connectivity index (χ0n) is 11.9. The van der Waals surface area contributed by atoms with Crippen LogP contribution >= 0.6 is 22.9 Å². The van der Waals surface area contributed by atoms with E-state index in [0.29, 0.717) is 10.1 Å². The van der Waals surface area contributed by atoms with Crippen LogP contribution in [0.15, 0.2) is 39.2 Å². The summed E-state index contributed by atoms with van der Waals surface area (Å²) in [4.78, 5) is 0. The van der Waals surface area contributed by atoms with Crippen LogP contribution in [-0.2, 0) is 26.4 Å². The molecule has 0 aliphatic carbocycles. The lowest BCUT2D eigenvalue weighted by Crippen LogP contribution is -2.40. The SMILES string of the molecule is O=S1(=O)CC[C@@H](N(Cc2ccco2)S(=O)(=O)c2ccc(Cl)s2)C1. The molecule has 0 unspecified atom stereocenters. The van der Waals surface area contributed by atoms with E-state index in [1.807, 2.05) is 0 Å². The van der Waals surface area contributed by atoms with Crippen LogP contribution in [0.5, 0.6) is 0 Å². The molecule has 0 bridgehead atoms. The maximum atomic E-state index is 12.9. The minimum Gasteiger partial charge on any atom is -0.468 e. The van der Waals surface area contributed by atoms with Gasteiger partial charge >= 0.3 is 0 Å². The molecule has 0 radical (unpaired) electrons. The molecule has 6 nitrogen and oxygen atoms in total. The summed E-state index contributed by atoms with van der Waals surface area (Å²) in [5, 5.41) is 0. The summed E-state index contributed by atoms with van der Waals surface area (Å²) in [6, 6.07) is 5.66. The van der Waals surface area contributed by atoms with Crippen LogP contribution in [0.3, 0.4) is 0 Å². The highest BCUT2D eigenvalue weighted by molar-refractivity contribution is 7.92. The van der Waals surface area contributed by atoms with Gasteiger partial charge < -0.3 is 4.42 Å². The Bertz CT molecular complexity index is 886. The van der Waals surface area contributed by atoms with Crippen molar-refractivity contribution in [1.82, 2.24) is 4.31 Å². The molecule has 1 saturated heterocycles. The molecule has 10 heteroatoms. The van der Waals surface area contributed by atoms with Crippen molar-refractivity contribution in [3.63, 3.8) is 0 Å². The first-order chi connectivity index (χ1) is 10.8. The van der Waals surface area contributed by atoms with Crippen molar-refractivity contribution in [2.24, 2.45) is 0 Å². The number of rotatable bonds is 5. The predicted octanol–water partition coefficient (Wildman–Crippen LogP) is 2.37. The van der Waals surface area contributed by atoms with Gasteiger partial charge in [-0.3, -0.25) is 0 Å². The highest BCUT2D eigenvalue weighted by Crippen LogP contribution is 2.32. The third-order valence-corrected chi connectivity index (χ3v) is 8.97. The molecular weight excluding hydrogens is 382 g/mol. The van der Waals surface area contributed by atoms with Gasteiger partial charge in [0.15, 0.2) is 9.84 Å². The van der Waals surface area contributed by atoms with Gasteiger partial charge in [0.1, 0.15) is 9.97 Å². The maximum Gasteiger partial charge on any atom is 0.253 e. The Morgan fingerprint density at radius 2 is 2.13 bits per heavy atom. The molecule has 2 aromatic heterocycles. The number of hydrogen-bond donors (Lipinski definition) is 0. The number of hydrogen-bond acceptors (Lipinski definition) is 6. The van der Waals surface area contributed by atoms with E-state index in [-0.39, 0.29) is 28.7 Å². The first kappa shape index (κ1) is 17.0. The largest absolute Gasteiger partial charge is 0.468 e. The van der Waals surface area contributed by atoms with Crippen LogP contribution in [0, 0.1) is 0 Å². The molecule has 126 valence electrons. The minimum atomic E-state index is -3.85. The molecule has 1 atom stereocenters. The zero-order chi connectivity index (χ0) is 16.7. The van der Waals surface area contributed by atoms with Crippen LogP contribution in [0.25, 0.3) is 0 Å². The van der Waals surface area contributed by atoms with E-state index in [1.54, 1.807) is 12.1 Å². The maximum absolute atomic E-state index is 12.9. The summed E-state index contributed by atoms with van der Waals surface area (Å²) in [7, 11) is -7.06. The van der Waals surface area contributed by atoms with Gasteiger partial charge in [0.25, 0.3) is 10.0 Å². The molecule has 0 aromatic carbocycles. The van der Waals surface area contributed by atoms with Crippen LogP contribution in [0.4, 0.5) is 0 Å². The van der Waals surface area contributed by atoms with E-state index >= 15 is 0 Å². The van der Waals surface area contributed by atoms with Gasteiger partial charge in [0.2, 0.25) is 0 Å². The van der Waals surface area contributed by atoms with E-state index in [0.717, 1.165) is 11.3 Å². The van der Waals surface area contributed by atoms with Gasteiger partial charge in [0, 0.05) is 6.04 Å². The lowest BCUT2D eigenvalue weighted by atomic mass is 10.2. The number of sulfonamides is 1. The highest BCUT2D eigenvalue weighted by atomic mass is 35.5. The van der Waals surface area contributed by atoms with Gasteiger partial charge in [-0.05, 0) is 30.7 Å². The van der Waals surface area contributed by atoms with E-state index in [9.17, 15) is 16.8 Å². The Morgan fingerprint density at radius 3 is 2.65 bits per heavy atom. The lowest BCUT2D eigenvalue weighted by Gasteiger charge is -2.25. The second-order valence-corrected chi connectivity index (χ2v) is 11.3.